The van der Waals surface area contributed by atoms with Crippen LogP contribution in [0.1, 0.15) is 12.5 Å². The largest absolute Gasteiger partial charge is 0.493 e. The predicted molar refractivity (Wildman–Crippen MR) is 69.2 cm³/mol. The van der Waals surface area contributed by atoms with Crippen LogP contribution in [0, 0.1) is 5.41 Å². The Hall–Kier alpha value is -1.97. The van der Waals surface area contributed by atoms with Crippen LogP contribution >= 0.6 is 0 Å². The van der Waals surface area contributed by atoms with Gasteiger partial charge in [0, 0.05) is 0 Å². The summed E-state index contributed by atoms with van der Waals surface area (Å²) in [6.45, 7) is 5.23. The van der Waals surface area contributed by atoms with Gasteiger partial charge in [0.2, 0.25) is 0 Å². The zero-order valence-corrected chi connectivity index (χ0v) is 10.9. The van der Waals surface area contributed by atoms with Crippen molar-refractivity contribution in [2.75, 3.05) is 14.2 Å². The number of carboxylic acids is 1. The average molecular weight is 250 g/mol. The Bertz CT molecular complexity index is 453. The Morgan fingerprint density at radius 1 is 1.39 bits per heavy atom. The Morgan fingerprint density at radius 3 is 2.44 bits per heavy atom. The first-order valence-corrected chi connectivity index (χ1v) is 5.54. The minimum atomic E-state index is -0.987. The summed E-state index contributed by atoms with van der Waals surface area (Å²) in [4.78, 5) is 11.2. The van der Waals surface area contributed by atoms with E-state index in [2.05, 4.69) is 6.58 Å². The van der Waals surface area contributed by atoms with Crippen LogP contribution in [0.5, 0.6) is 11.5 Å². The van der Waals surface area contributed by atoms with Crippen LogP contribution in [-0.2, 0) is 11.2 Å². The van der Waals surface area contributed by atoms with Crippen molar-refractivity contribution in [1.82, 2.24) is 0 Å². The second-order valence-electron chi connectivity index (χ2n) is 4.29. The minimum Gasteiger partial charge on any atom is -0.493 e. The van der Waals surface area contributed by atoms with Gasteiger partial charge in [-0.05, 0) is 31.0 Å². The maximum Gasteiger partial charge on any atom is 0.313 e. The molecule has 1 N–H and O–H groups in total. The molecule has 0 saturated heterocycles. The van der Waals surface area contributed by atoms with E-state index < -0.39 is 11.4 Å². The fourth-order valence-corrected chi connectivity index (χ4v) is 1.65. The third-order valence-corrected chi connectivity index (χ3v) is 2.96. The normalized spacial score (nSPS) is 13.5. The fraction of sp³-hybridized carbons (Fsp3) is 0.357. The van der Waals surface area contributed by atoms with Gasteiger partial charge in [-0.3, -0.25) is 4.79 Å². The van der Waals surface area contributed by atoms with E-state index in [9.17, 15) is 9.90 Å². The molecule has 1 rings (SSSR count). The Kier molecular flexibility index (Phi) is 4.37. The second kappa shape index (κ2) is 5.58. The highest BCUT2D eigenvalue weighted by atomic mass is 16.5. The molecule has 1 aromatic carbocycles. The van der Waals surface area contributed by atoms with Gasteiger partial charge < -0.3 is 14.6 Å². The molecule has 4 nitrogen and oxygen atoms in total. The molecule has 0 fully saturated rings. The van der Waals surface area contributed by atoms with E-state index in [0.717, 1.165) is 5.56 Å². The Balaban J connectivity index is 3.05. The molecule has 1 aromatic rings. The lowest BCUT2D eigenvalue weighted by atomic mass is 9.84. The van der Waals surface area contributed by atoms with Crippen LogP contribution in [0.4, 0.5) is 0 Å². The highest BCUT2D eigenvalue weighted by molar-refractivity contribution is 5.76. The van der Waals surface area contributed by atoms with E-state index in [0.29, 0.717) is 17.9 Å². The first-order chi connectivity index (χ1) is 8.46. The number of hydrogen-bond acceptors (Lipinski definition) is 3. The van der Waals surface area contributed by atoms with Crippen LogP contribution < -0.4 is 9.47 Å². The summed E-state index contributed by atoms with van der Waals surface area (Å²) in [7, 11) is 3.11. The van der Waals surface area contributed by atoms with E-state index in [-0.39, 0.29) is 0 Å². The lowest BCUT2D eigenvalue weighted by Crippen LogP contribution is -2.27. The standard InChI is InChI=1S/C14H18O4/c1-5-14(2,13(15)16)9-10-6-7-11(17-3)12(8-10)18-4/h5-8H,1,9H2,2-4H3,(H,15,16). The Labute approximate surface area is 107 Å². The number of methoxy groups -OCH3 is 2. The van der Waals surface area contributed by atoms with Crippen molar-refractivity contribution < 1.29 is 19.4 Å². The molecule has 0 radical (unpaired) electrons. The highest BCUT2D eigenvalue weighted by Crippen LogP contribution is 2.31. The minimum absolute atomic E-state index is 0.353. The van der Waals surface area contributed by atoms with Gasteiger partial charge in [-0.1, -0.05) is 12.1 Å². The lowest BCUT2D eigenvalue weighted by molar-refractivity contribution is -0.145. The molecule has 0 aliphatic heterocycles. The monoisotopic (exact) mass is 250 g/mol. The van der Waals surface area contributed by atoms with Crippen molar-refractivity contribution in [3.8, 4) is 11.5 Å². The zero-order valence-electron chi connectivity index (χ0n) is 10.9. The quantitative estimate of drug-likeness (QED) is 0.788. The number of rotatable bonds is 6. The molecule has 0 spiro atoms. The van der Waals surface area contributed by atoms with Gasteiger partial charge in [0.25, 0.3) is 0 Å². The first kappa shape index (κ1) is 14.1. The molecule has 0 saturated carbocycles. The summed E-state index contributed by atoms with van der Waals surface area (Å²) in [5.74, 6) is 0.316. The van der Waals surface area contributed by atoms with Gasteiger partial charge in [-0.25, -0.2) is 0 Å². The van der Waals surface area contributed by atoms with Crippen LogP contribution in [-0.4, -0.2) is 25.3 Å². The van der Waals surface area contributed by atoms with Crippen LogP contribution in [0.2, 0.25) is 0 Å². The van der Waals surface area contributed by atoms with Crippen molar-refractivity contribution >= 4 is 5.97 Å². The average Bonchev–Trinajstić information content (AvgIpc) is 2.38. The van der Waals surface area contributed by atoms with Gasteiger partial charge in [-0.15, -0.1) is 6.58 Å². The summed E-state index contributed by atoms with van der Waals surface area (Å²) in [6, 6.07) is 5.37. The van der Waals surface area contributed by atoms with E-state index in [4.69, 9.17) is 9.47 Å². The molecule has 18 heavy (non-hydrogen) atoms. The summed E-state index contributed by atoms with van der Waals surface area (Å²) >= 11 is 0. The molecular formula is C14H18O4. The van der Waals surface area contributed by atoms with E-state index in [1.807, 2.05) is 6.07 Å². The highest BCUT2D eigenvalue weighted by Gasteiger charge is 2.29. The van der Waals surface area contributed by atoms with Gasteiger partial charge in [-0.2, -0.15) is 0 Å². The van der Waals surface area contributed by atoms with Gasteiger partial charge >= 0.3 is 5.97 Å². The zero-order chi connectivity index (χ0) is 13.8. The van der Waals surface area contributed by atoms with Crippen LogP contribution in [0.3, 0.4) is 0 Å². The van der Waals surface area contributed by atoms with Gasteiger partial charge in [0.05, 0.1) is 19.6 Å². The third-order valence-electron chi connectivity index (χ3n) is 2.96. The maximum atomic E-state index is 11.2. The third kappa shape index (κ3) is 2.83. The smallest absolute Gasteiger partial charge is 0.313 e. The van der Waals surface area contributed by atoms with E-state index >= 15 is 0 Å². The molecule has 0 aromatic heterocycles. The number of hydrogen-bond donors (Lipinski definition) is 1. The maximum absolute atomic E-state index is 11.2. The van der Waals surface area contributed by atoms with Crippen molar-refractivity contribution in [2.45, 2.75) is 13.3 Å². The van der Waals surface area contributed by atoms with Gasteiger partial charge in [0.1, 0.15) is 0 Å². The fourth-order valence-electron chi connectivity index (χ4n) is 1.65. The molecule has 1 unspecified atom stereocenters. The Morgan fingerprint density at radius 2 is 2.00 bits per heavy atom. The number of carbonyl (C=O) groups is 1. The van der Waals surface area contributed by atoms with E-state index in [1.165, 1.54) is 6.08 Å². The number of ether oxygens (including phenoxy) is 2. The second-order valence-corrected chi connectivity index (χ2v) is 4.29. The number of aliphatic carboxylic acids is 1. The first-order valence-electron chi connectivity index (χ1n) is 5.54. The van der Waals surface area contributed by atoms with Crippen molar-refractivity contribution in [2.24, 2.45) is 5.41 Å². The number of benzene rings is 1. The van der Waals surface area contributed by atoms with Crippen molar-refractivity contribution in [1.29, 1.82) is 0 Å². The van der Waals surface area contributed by atoms with Crippen LogP contribution in [0.25, 0.3) is 0 Å². The molecular weight excluding hydrogens is 232 g/mol. The molecule has 0 bridgehead atoms. The number of carboxylic acid groups (broad SMARTS) is 1. The van der Waals surface area contributed by atoms with E-state index in [1.54, 1.807) is 33.3 Å². The summed E-state index contributed by atoms with van der Waals surface area (Å²) in [5, 5.41) is 9.19. The summed E-state index contributed by atoms with van der Waals surface area (Å²) in [6.07, 6.45) is 1.80. The van der Waals surface area contributed by atoms with Crippen LogP contribution in [0.15, 0.2) is 30.9 Å². The molecule has 1 atom stereocenters. The molecule has 0 aliphatic carbocycles. The lowest BCUT2D eigenvalue weighted by Gasteiger charge is -2.20. The topological polar surface area (TPSA) is 55.8 Å². The summed E-state index contributed by atoms with van der Waals surface area (Å²) in [5.41, 5.74) is -0.128. The SMILES string of the molecule is C=CC(C)(Cc1ccc(OC)c(OC)c1)C(=O)O. The molecule has 0 aliphatic rings. The molecule has 98 valence electrons. The molecule has 0 heterocycles. The summed E-state index contributed by atoms with van der Waals surface area (Å²) < 4.78 is 10.3. The predicted octanol–water partition coefficient (Wildman–Crippen LogP) is 2.52. The molecule has 4 heteroatoms. The van der Waals surface area contributed by atoms with Crippen molar-refractivity contribution in [3.63, 3.8) is 0 Å². The van der Waals surface area contributed by atoms with Crippen molar-refractivity contribution in [3.05, 3.63) is 36.4 Å². The molecule has 0 amide bonds. The van der Waals surface area contributed by atoms with Gasteiger partial charge in [0.15, 0.2) is 11.5 Å².